The van der Waals surface area contributed by atoms with Gasteiger partial charge in [-0.15, -0.1) is 0 Å². The molecule has 1 aromatic carbocycles. The first-order chi connectivity index (χ1) is 13.0. The summed E-state index contributed by atoms with van der Waals surface area (Å²) in [6, 6.07) is 3.87. The molecule has 2 heterocycles. The normalized spacial score (nSPS) is 20.5. The summed E-state index contributed by atoms with van der Waals surface area (Å²) in [5, 5.41) is 0.0219. The molecule has 0 spiro atoms. The zero-order chi connectivity index (χ0) is 20.7. The standard InChI is InChI=1S/C19H20F6N2O/c1-27-9-4-3-8-14(27)17(28-2)12-10-15(19(23,24)25)26-16-11(12)6-5-7-13(16)18(20,21)22/h5-7,10,14,17H,3-4,8-9H2,1-2H3/t14-,17+/m1/s1. The van der Waals surface area contributed by atoms with E-state index in [9.17, 15) is 26.3 Å². The zero-order valence-electron chi connectivity index (χ0n) is 15.4. The average Bonchev–Trinajstić information content (AvgIpc) is 2.61. The fraction of sp³-hybridized carbons (Fsp3) is 0.526. The molecule has 2 aromatic rings. The van der Waals surface area contributed by atoms with Crippen molar-refractivity contribution in [2.24, 2.45) is 0 Å². The summed E-state index contributed by atoms with van der Waals surface area (Å²) in [5.41, 5.74) is -3.18. The number of likely N-dealkylation sites (tertiary alicyclic amines) is 1. The molecule has 0 N–H and O–H groups in total. The number of aromatic nitrogens is 1. The van der Waals surface area contributed by atoms with Crippen LogP contribution < -0.4 is 0 Å². The summed E-state index contributed by atoms with van der Waals surface area (Å²) >= 11 is 0. The predicted molar refractivity (Wildman–Crippen MR) is 91.8 cm³/mol. The van der Waals surface area contributed by atoms with Crippen molar-refractivity contribution in [3.05, 3.63) is 41.1 Å². The van der Waals surface area contributed by atoms with Gasteiger partial charge in [0.15, 0.2) is 0 Å². The molecular weight excluding hydrogens is 386 g/mol. The van der Waals surface area contributed by atoms with Crippen molar-refractivity contribution in [1.29, 1.82) is 0 Å². The highest BCUT2D eigenvalue weighted by Crippen LogP contribution is 2.41. The largest absolute Gasteiger partial charge is 0.433 e. The van der Waals surface area contributed by atoms with Crippen LogP contribution in [0.3, 0.4) is 0 Å². The molecule has 9 heteroatoms. The summed E-state index contributed by atoms with van der Waals surface area (Å²) in [4.78, 5) is 5.32. The maximum Gasteiger partial charge on any atom is 0.433 e. The lowest BCUT2D eigenvalue weighted by Gasteiger charge is -2.38. The molecule has 1 fully saturated rings. The fourth-order valence-electron chi connectivity index (χ4n) is 3.86. The number of pyridine rings is 1. The van der Waals surface area contributed by atoms with Gasteiger partial charge in [-0.25, -0.2) is 4.98 Å². The minimum atomic E-state index is -4.88. The number of fused-ring (bicyclic) bond motifs is 1. The van der Waals surface area contributed by atoms with Crippen LogP contribution in [0.4, 0.5) is 26.3 Å². The van der Waals surface area contributed by atoms with Gasteiger partial charge in [0.25, 0.3) is 0 Å². The Bertz CT molecular complexity index is 849. The third-order valence-electron chi connectivity index (χ3n) is 5.20. The molecule has 1 aliphatic heterocycles. The molecule has 1 aliphatic rings. The van der Waals surface area contributed by atoms with Crippen LogP contribution in [0.1, 0.15) is 42.2 Å². The van der Waals surface area contributed by atoms with Crippen LogP contribution in [0.2, 0.25) is 0 Å². The number of nitrogens with zero attached hydrogens (tertiary/aromatic N) is 2. The van der Waals surface area contributed by atoms with E-state index in [0.717, 1.165) is 31.5 Å². The van der Waals surface area contributed by atoms with E-state index in [1.54, 1.807) is 0 Å². The minimum absolute atomic E-state index is 0.0219. The quantitative estimate of drug-likeness (QED) is 0.635. The Morgan fingerprint density at radius 1 is 1.11 bits per heavy atom. The number of ether oxygens (including phenoxy) is 1. The third kappa shape index (κ3) is 3.96. The van der Waals surface area contributed by atoms with Crippen LogP contribution in [-0.2, 0) is 17.1 Å². The highest BCUT2D eigenvalue weighted by atomic mass is 19.4. The number of likely N-dealkylation sites (N-methyl/N-ethyl adjacent to an activating group) is 1. The van der Waals surface area contributed by atoms with Crippen LogP contribution in [0, 0.1) is 0 Å². The van der Waals surface area contributed by atoms with E-state index in [1.807, 2.05) is 11.9 Å². The topological polar surface area (TPSA) is 25.4 Å². The minimum Gasteiger partial charge on any atom is -0.375 e. The van der Waals surface area contributed by atoms with Gasteiger partial charge >= 0.3 is 12.4 Å². The van der Waals surface area contributed by atoms with Crippen molar-refractivity contribution in [3.8, 4) is 0 Å². The molecule has 28 heavy (non-hydrogen) atoms. The smallest absolute Gasteiger partial charge is 0.375 e. The van der Waals surface area contributed by atoms with E-state index in [-0.39, 0.29) is 17.0 Å². The van der Waals surface area contributed by atoms with Crippen LogP contribution in [-0.4, -0.2) is 36.6 Å². The van der Waals surface area contributed by atoms with E-state index in [0.29, 0.717) is 6.42 Å². The number of rotatable bonds is 3. The second-order valence-corrected chi connectivity index (χ2v) is 6.99. The van der Waals surface area contributed by atoms with Crippen LogP contribution >= 0.6 is 0 Å². The maximum atomic E-state index is 13.4. The van der Waals surface area contributed by atoms with Crippen molar-refractivity contribution in [3.63, 3.8) is 0 Å². The number of para-hydroxylation sites is 1. The second kappa shape index (κ2) is 7.51. The molecule has 0 radical (unpaired) electrons. The summed E-state index contributed by atoms with van der Waals surface area (Å²) in [6.07, 6.45) is -8.00. The molecule has 3 rings (SSSR count). The van der Waals surface area contributed by atoms with Gasteiger partial charge in [-0.05, 0) is 44.1 Å². The SMILES string of the molecule is CO[C@@H](c1cc(C(F)(F)F)nc2c(C(F)(F)F)cccc12)[C@H]1CCCCN1C. The number of piperidine rings is 1. The molecule has 0 saturated carbocycles. The number of hydrogen-bond donors (Lipinski definition) is 0. The number of methoxy groups -OCH3 is 1. The van der Waals surface area contributed by atoms with Gasteiger partial charge in [0.05, 0.1) is 17.2 Å². The van der Waals surface area contributed by atoms with E-state index in [1.165, 1.54) is 19.2 Å². The van der Waals surface area contributed by atoms with Gasteiger partial charge in [-0.3, -0.25) is 0 Å². The molecule has 0 aliphatic carbocycles. The summed E-state index contributed by atoms with van der Waals surface area (Å²) < 4.78 is 86.0. The first kappa shape index (κ1) is 20.9. The monoisotopic (exact) mass is 406 g/mol. The highest BCUT2D eigenvalue weighted by molar-refractivity contribution is 5.86. The summed E-state index contributed by atoms with van der Waals surface area (Å²) in [6.45, 7) is 0.744. The van der Waals surface area contributed by atoms with Gasteiger partial charge in [-0.1, -0.05) is 18.6 Å². The molecule has 0 amide bonds. The molecule has 0 unspecified atom stereocenters. The van der Waals surface area contributed by atoms with E-state index in [2.05, 4.69) is 4.98 Å². The Morgan fingerprint density at radius 3 is 2.39 bits per heavy atom. The Morgan fingerprint density at radius 2 is 1.82 bits per heavy atom. The Labute approximate surface area is 158 Å². The van der Waals surface area contributed by atoms with E-state index < -0.39 is 35.2 Å². The van der Waals surface area contributed by atoms with Crippen LogP contribution in [0.5, 0.6) is 0 Å². The molecule has 1 aromatic heterocycles. The molecular formula is C19H20F6N2O. The van der Waals surface area contributed by atoms with Crippen molar-refractivity contribution in [1.82, 2.24) is 9.88 Å². The van der Waals surface area contributed by atoms with Gasteiger partial charge in [0.1, 0.15) is 5.69 Å². The molecule has 3 nitrogen and oxygen atoms in total. The Balaban J connectivity index is 2.28. The molecule has 0 bridgehead atoms. The maximum absolute atomic E-state index is 13.4. The first-order valence-corrected chi connectivity index (χ1v) is 8.85. The van der Waals surface area contributed by atoms with Crippen molar-refractivity contribution >= 4 is 10.9 Å². The van der Waals surface area contributed by atoms with Gasteiger partial charge < -0.3 is 9.64 Å². The highest BCUT2D eigenvalue weighted by Gasteiger charge is 2.39. The third-order valence-corrected chi connectivity index (χ3v) is 5.20. The average molecular weight is 406 g/mol. The predicted octanol–water partition coefficient (Wildman–Crippen LogP) is 5.44. The molecule has 154 valence electrons. The lowest BCUT2D eigenvalue weighted by molar-refractivity contribution is -0.142. The van der Waals surface area contributed by atoms with E-state index >= 15 is 0 Å². The van der Waals surface area contributed by atoms with Crippen LogP contribution in [0.15, 0.2) is 24.3 Å². The Kier molecular flexibility index (Phi) is 5.60. The zero-order valence-corrected chi connectivity index (χ0v) is 15.4. The number of alkyl halides is 6. The first-order valence-electron chi connectivity index (χ1n) is 8.85. The Hall–Kier alpha value is -1.87. The molecule has 2 atom stereocenters. The van der Waals surface area contributed by atoms with Gasteiger partial charge in [0, 0.05) is 18.5 Å². The number of halogens is 6. The summed E-state index contributed by atoms with van der Waals surface area (Å²) in [7, 11) is 3.20. The van der Waals surface area contributed by atoms with Gasteiger partial charge in [-0.2, -0.15) is 26.3 Å². The van der Waals surface area contributed by atoms with E-state index in [4.69, 9.17) is 4.74 Å². The van der Waals surface area contributed by atoms with Crippen molar-refractivity contribution in [2.45, 2.75) is 43.8 Å². The number of benzene rings is 1. The lowest BCUT2D eigenvalue weighted by Crippen LogP contribution is -2.41. The number of hydrogen-bond acceptors (Lipinski definition) is 3. The van der Waals surface area contributed by atoms with Crippen molar-refractivity contribution < 1.29 is 31.1 Å². The molecule has 1 saturated heterocycles. The summed E-state index contributed by atoms with van der Waals surface area (Å²) in [5.74, 6) is 0. The fourth-order valence-corrected chi connectivity index (χ4v) is 3.86. The lowest BCUT2D eigenvalue weighted by atomic mass is 9.90. The second-order valence-electron chi connectivity index (χ2n) is 6.99. The van der Waals surface area contributed by atoms with Crippen molar-refractivity contribution in [2.75, 3.05) is 20.7 Å². The van der Waals surface area contributed by atoms with Gasteiger partial charge in [0.2, 0.25) is 0 Å². The van der Waals surface area contributed by atoms with Crippen LogP contribution in [0.25, 0.3) is 10.9 Å².